The van der Waals surface area contributed by atoms with Crippen molar-refractivity contribution in [3.05, 3.63) is 0 Å². The molecule has 0 heterocycles. The van der Waals surface area contributed by atoms with Crippen molar-refractivity contribution >= 4 is 6.71 Å². The molecule has 0 rings (SSSR count). The van der Waals surface area contributed by atoms with E-state index in [9.17, 15) is 0 Å². The van der Waals surface area contributed by atoms with Crippen molar-refractivity contribution < 1.29 is 0 Å². The van der Waals surface area contributed by atoms with E-state index in [1.165, 1.54) is 12.6 Å². The summed E-state index contributed by atoms with van der Waals surface area (Å²) in [7, 11) is 0. The molecule has 0 saturated heterocycles. The molecule has 0 saturated carbocycles. The average Bonchev–Trinajstić information content (AvgIpc) is 1.75. The van der Waals surface area contributed by atoms with Crippen molar-refractivity contribution in [2.45, 2.75) is 80.3 Å². The number of hydrogen-bond acceptors (Lipinski definition) is 0. The van der Waals surface area contributed by atoms with Crippen LogP contribution in [0.1, 0.15) is 62.3 Å². The van der Waals surface area contributed by atoms with Crippen molar-refractivity contribution in [3.63, 3.8) is 0 Å². The second-order valence-corrected chi connectivity index (χ2v) is 8.59. The van der Waals surface area contributed by atoms with E-state index in [4.69, 9.17) is 0 Å². The smallest absolute Gasteiger partial charge is 0.0688 e. The molecule has 0 aromatic heterocycles. The second kappa shape index (κ2) is 4.51. The maximum absolute atomic E-state index is 2.38. The molecule has 0 atom stereocenters. The Labute approximate surface area is 98.3 Å². The van der Waals surface area contributed by atoms with Gasteiger partial charge in [0.05, 0.1) is 0 Å². The van der Waals surface area contributed by atoms with Gasteiger partial charge in [0.15, 0.2) is 0 Å². The Hall–Kier alpha value is 0.0649. The van der Waals surface area contributed by atoms with Crippen molar-refractivity contribution in [2.75, 3.05) is 0 Å². The Morgan fingerprint density at radius 3 is 1.00 bits per heavy atom. The van der Waals surface area contributed by atoms with Crippen molar-refractivity contribution in [3.8, 4) is 0 Å². The third-order valence-corrected chi connectivity index (χ3v) is 2.94. The quantitative estimate of drug-likeness (QED) is 0.537. The SMILES string of the molecule is CC(C)(C)CB(CC(C)(C)C)C(C)(C)C. The standard InChI is InChI=1S/C14H31B/c1-12(2,3)10-15(14(7,8)9)11-13(4,5)6/h10-11H2,1-9H3. The molecular formula is C14H31B. The largest absolute Gasteiger partial charge is 0.146 e. The van der Waals surface area contributed by atoms with Crippen LogP contribution in [-0.4, -0.2) is 6.71 Å². The number of rotatable bonds is 2. The molecular weight excluding hydrogens is 179 g/mol. The first-order valence-electron chi connectivity index (χ1n) is 6.31. The van der Waals surface area contributed by atoms with Gasteiger partial charge in [-0.25, -0.2) is 0 Å². The topological polar surface area (TPSA) is 0 Å². The molecule has 0 aliphatic carbocycles. The third kappa shape index (κ3) is 7.93. The zero-order valence-electron chi connectivity index (χ0n) is 12.5. The summed E-state index contributed by atoms with van der Waals surface area (Å²) in [4.78, 5) is 0. The summed E-state index contributed by atoms with van der Waals surface area (Å²) in [5.74, 6) is 0. The van der Waals surface area contributed by atoms with Gasteiger partial charge in [0, 0.05) is 0 Å². The average molecular weight is 210 g/mol. The van der Waals surface area contributed by atoms with Crippen LogP contribution in [0.3, 0.4) is 0 Å². The minimum Gasteiger partial charge on any atom is -0.0688 e. The van der Waals surface area contributed by atoms with Crippen LogP contribution >= 0.6 is 0 Å². The van der Waals surface area contributed by atoms with Crippen LogP contribution in [0.4, 0.5) is 0 Å². The maximum atomic E-state index is 2.38. The normalized spacial score (nSPS) is 14.2. The predicted molar refractivity (Wildman–Crippen MR) is 74.0 cm³/mol. The van der Waals surface area contributed by atoms with Gasteiger partial charge in [-0.15, -0.1) is 0 Å². The van der Waals surface area contributed by atoms with Crippen LogP contribution < -0.4 is 0 Å². The van der Waals surface area contributed by atoms with Crippen LogP contribution in [0.15, 0.2) is 0 Å². The van der Waals surface area contributed by atoms with Gasteiger partial charge in [-0.3, -0.25) is 0 Å². The lowest BCUT2D eigenvalue weighted by Gasteiger charge is -2.37. The minimum absolute atomic E-state index is 0.431. The first-order chi connectivity index (χ1) is 6.31. The molecule has 0 N–H and O–H groups in total. The van der Waals surface area contributed by atoms with Crippen molar-refractivity contribution in [1.82, 2.24) is 0 Å². The first-order valence-corrected chi connectivity index (χ1v) is 6.31. The van der Waals surface area contributed by atoms with E-state index in [2.05, 4.69) is 62.3 Å². The molecule has 0 aromatic carbocycles. The van der Waals surface area contributed by atoms with E-state index in [-0.39, 0.29) is 0 Å². The van der Waals surface area contributed by atoms with Crippen LogP contribution in [0, 0.1) is 10.8 Å². The minimum atomic E-state index is 0.431. The van der Waals surface area contributed by atoms with E-state index in [1.54, 1.807) is 0 Å². The molecule has 0 spiro atoms. The van der Waals surface area contributed by atoms with Crippen LogP contribution in [0.2, 0.25) is 18.0 Å². The third-order valence-electron chi connectivity index (χ3n) is 2.94. The number of hydrogen-bond donors (Lipinski definition) is 0. The molecule has 0 amide bonds. The summed E-state index contributed by atoms with van der Waals surface area (Å²) in [6.45, 7) is 22.1. The molecule has 0 aromatic rings. The Bertz CT molecular complexity index is 169. The monoisotopic (exact) mass is 210 g/mol. The molecule has 0 radical (unpaired) electrons. The van der Waals surface area contributed by atoms with E-state index >= 15 is 0 Å². The molecule has 1 heteroatoms. The van der Waals surface area contributed by atoms with Gasteiger partial charge in [-0.05, 0) is 10.8 Å². The molecule has 0 aliphatic heterocycles. The Kier molecular flexibility index (Phi) is 4.53. The fraction of sp³-hybridized carbons (Fsp3) is 1.00. The molecule has 90 valence electrons. The summed E-state index contributed by atoms with van der Waals surface area (Å²) in [6, 6.07) is 0. The zero-order chi connectivity index (χ0) is 12.5. The highest BCUT2D eigenvalue weighted by atomic mass is 14.2. The first kappa shape index (κ1) is 15.1. The fourth-order valence-corrected chi connectivity index (χ4v) is 2.16. The summed E-state index contributed by atoms with van der Waals surface area (Å²) < 4.78 is 0. The van der Waals surface area contributed by atoms with E-state index < -0.39 is 0 Å². The maximum Gasteiger partial charge on any atom is 0.146 e. The van der Waals surface area contributed by atoms with E-state index in [0.29, 0.717) is 16.1 Å². The highest BCUT2D eigenvalue weighted by Crippen LogP contribution is 2.41. The Morgan fingerprint density at radius 2 is 0.867 bits per heavy atom. The van der Waals surface area contributed by atoms with E-state index in [1.807, 2.05) is 0 Å². The molecule has 0 bridgehead atoms. The molecule has 0 aliphatic rings. The molecule has 0 fully saturated rings. The molecule has 0 nitrogen and oxygen atoms in total. The van der Waals surface area contributed by atoms with Crippen LogP contribution in [-0.2, 0) is 0 Å². The van der Waals surface area contributed by atoms with E-state index in [0.717, 1.165) is 6.71 Å². The van der Waals surface area contributed by atoms with Crippen molar-refractivity contribution in [2.24, 2.45) is 10.8 Å². The summed E-state index contributed by atoms with van der Waals surface area (Å²) in [5.41, 5.74) is 0.895. The second-order valence-electron chi connectivity index (χ2n) is 8.59. The van der Waals surface area contributed by atoms with Crippen LogP contribution in [0.25, 0.3) is 0 Å². The van der Waals surface area contributed by atoms with Gasteiger partial charge in [-0.1, -0.05) is 80.3 Å². The van der Waals surface area contributed by atoms with Gasteiger partial charge in [-0.2, -0.15) is 0 Å². The fourth-order valence-electron chi connectivity index (χ4n) is 2.16. The molecule has 0 unspecified atom stereocenters. The van der Waals surface area contributed by atoms with Gasteiger partial charge in [0.1, 0.15) is 6.71 Å². The van der Waals surface area contributed by atoms with Gasteiger partial charge >= 0.3 is 0 Å². The molecule has 15 heavy (non-hydrogen) atoms. The Morgan fingerprint density at radius 1 is 0.600 bits per heavy atom. The lowest BCUT2D eigenvalue weighted by molar-refractivity contribution is 0.428. The van der Waals surface area contributed by atoms with Crippen LogP contribution in [0.5, 0.6) is 0 Å². The highest BCUT2D eigenvalue weighted by Gasteiger charge is 2.34. The summed E-state index contributed by atoms with van der Waals surface area (Å²) >= 11 is 0. The predicted octanol–water partition coefficient (Wildman–Crippen LogP) is 5.37. The van der Waals surface area contributed by atoms with Gasteiger partial charge in [0.25, 0.3) is 0 Å². The van der Waals surface area contributed by atoms with Crippen molar-refractivity contribution in [1.29, 1.82) is 0 Å². The van der Waals surface area contributed by atoms with Gasteiger partial charge in [0.2, 0.25) is 0 Å². The lowest BCUT2D eigenvalue weighted by Crippen LogP contribution is -2.33. The summed E-state index contributed by atoms with van der Waals surface area (Å²) in [5, 5.41) is 0.431. The highest BCUT2D eigenvalue weighted by molar-refractivity contribution is 6.62. The lowest BCUT2D eigenvalue weighted by atomic mass is 9.27. The zero-order valence-corrected chi connectivity index (χ0v) is 12.5. The Balaban J connectivity index is 4.62. The summed E-state index contributed by atoms with van der Waals surface area (Å²) in [6.07, 6.45) is 2.65. The van der Waals surface area contributed by atoms with Gasteiger partial charge < -0.3 is 0 Å².